The van der Waals surface area contributed by atoms with Gasteiger partial charge in [0.25, 0.3) is 11.7 Å². The van der Waals surface area contributed by atoms with Crippen LogP contribution < -0.4 is 0 Å². The second-order valence-corrected chi connectivity index (χ2v) is 25.6. The molecule has 14 heteroatoms. The van der Waals surface area contributed by atoms with Gasteiger partial charge in [0, 0.05) is 46.1 Å². The normalized spacial score (nSPS) is 38.9. The molecule has 0 radical (unpaired) electrons. The molecule has 12 nitrogen and oxygen atoms in total. The van der Waals surface area contributed by atoms with Crippen LogP contribution in [0.2, 0.25) is 18.1 Å². The van der Waals surface area contributed by atoms with Crippen LogP contribution in [0.4, 0.5) is 4.39 Å². The van der Waals surface area contributed by atoms with Crippen LogP contribution in [-0.2, 0) is 47.3 Å². The molecule has 63 heavy (non-hydrogen) atoms. The Morgan fingerprint density at radius 1 is 0.921 bits per heavy atom. The average Bonchev–Trinajstić information content (AvgIpc) is 3.24. The number of hydrogen-bond donors (Lipinski definition) is 1. The van der Waals surface area contributed by atoms with Gasteiger partial charge in [-0.1, -0.05) is 60.6 Å². The van der Waals surface area contributed by atoms with Crippen molar-refractivity contribution in [2.75, 3.05) is 27.9 Å². The molecule has 4 rings (SSSR count). The number of Topliss-reactive ketones (excluding diaryl/α,β-unsaturated/α-hetero) is 2. The Balaban J connectivity index is 1.73. The number of allylic oxidation sites excluding steroid dienone is 3. The molecule has 4 aliphatic rings. The minimum absolute atomic E-state index is 0.0200. The fourth-order valence-electron chi connectivity index (χ4n) is 9.97. The van der Waals surface area contributed by atoms with Gasteiger partial charge in [0.1, 0.15) is 30.2 Å². The third-order valence-electron chi connectivity index (χ3n) is 15.2. The lowest BCUT2D eigenvalue weighted by Gasteiger charge is -2.47. The summed E-state index contributed by atoms with van der Waals surface area (Å²) in [5.41, 5.74) is 1.26. The second kappa shape index (κ2) is 22.4. The van der Waals surface area contributed by atoms with Gasteiger partial charge >= 0.3 is 5.97 Å². The van der Waals surface area contributed by atoms with Gasteiger partial charge in [-0.2, -0.15) is 0 Å². The average molecular weight is 908 g/mol. The standard InChI is InChI=1S/C49H82FNO11Si/c1-15-35-25-30(3)42(50)31(4)26-40(58-11)44-41(59-12)27-33(6)49(56,61-44)45(53)46(54)51-23-17-16-18-36(51)47(55)60-43(29(2)19-21-37(35)52)32(5)24-34-20-22-38(39(28-34)57-10)62-63(13,14)48(7,8)9/h24-25,29,31,33-36,38-44,56H,15-23,26-28H2,1-14H3/b30-25+,32-24?. The van der Waals surface area contributed by atoms with Gasteiger partial charge in [-0.25, -0.2) is 9.18 Å². The van der Waals surface area contributed by atoms with Crippen molar-refractivity contribution in [1.29, 1.82) is 0 Å². The van der Waals surface area contributed by atoms with E-state index >= 15 is 4.39 Å². The molecule has 360 valence electrons. The van der Waals surface area contributed by atoms with Gasteiger partial charge in [0.2, 0.25) is 5.79 Å². The molecule has 2 saturated heterocycles. The number of carbonyl (C=O) groups is 4. The lowest BCUT2D eigenvalue weighted by Crippen LogP contribution is -2.64. The van der Waals surface area contributed by atoms with E-state index in [1.807, 2.05) is 20.8 Å². The molecule has 14 atom stereocenters. The molecule has 1 saturated carbocycles. The molecule has 1 aliphatic carbocycles. The Morgan fingerprint density at radius 3 is 2.16 bits per heavy atom. The first-order valence-electron chi connectivity index (χ1n) is 23.7. The molecule has 3 aliphatic heterocycles. The summed E-state index contributed by atoms with van der Waals surface area (Å²) in [6.45, 7) is 22.2. The summed E-state index contributed by atoms with van der Waals surface area (Å²) >= 11 is 0. The number of methoxy groups -OCH3 is 3. The van der Waals surface area contributed by atoms with Crippen molar-refractivity contribution in [2.24, 2.45) is 29.6 Å². The molecular formula is C49H82FNO11Si. The number of esters is 1. The van der Waals surface area contributed by atoms with Crippen molar-refractivity contribution >= 4 is 31.8 Å². The molecule has 3 heterocycles. The second-order valence-electron chi connectivity index (χ2n) is 20.9. The summed E-state index contributed by atoms with van der Waals surface area (Å²) < 4.78 is 53.5. The van der Waals surface area contributed by atoms with E-state index in [1.165, 1.54) is 19.1 Å². The van der Waals surface area contributed by atoms with Crippen LogP contribution >= 0.6 is 0 Å². The number of rotatable bonds is 8. The van der Waals surface area contributed by atoms with Crippen molar-refractivity contribution in [1.82, 2.24) is 4.90 Å². The Labute approximate surface area is 378 Å². The highest BCUT2D eigenvalue weighted by Gasteiger charge is 2.57. The van der Waals surface area contributed by atoms with E-state index < -0.39 is 86.1 Å². The first-order valence-corrected chi connectivity index (χ1v) is 26.6. The van der Waals surface area contributed by atoms with Gasteiger partial charge in [0.05, 0.1) is 24.4 Å². The fourth-order valence-corrected chi connectivity index (χ4v) is 11.4. The molecule has 0 aromatic heterocycles. The number of halogens is 1. The van der Waals surface area contributed by atoms with E-state index in [1.54, 1.807) is 34.0 Å². The number of alkyl halides is 1. The number of ether oxygens (including phenoxy) is 5. The van der Waals surface area contributed by atoms with Crippen LogP contribution in [0.25, 0.3) is 0 Å². The molecule has 14 unspecified atom stereocenters. The summed E-state index contributed by atoms with van der Waals surface area (Å²) in [5, 5.41) is 12.1. The Hall–Kier alpha value is -2.33. The highest BCUT2D eigenvalue weighted by molar-refractivity contribution is 6.74. The number of hydrogen-bond acceptors (Lipinski definition) is 11. The van der Waals surface area contributed by atoms with Crippen molar-refractivity contribution in [3.05, 3.63) is 23.3 Å². The lowest BCUT2D eigenvalue weighted by molar-refractivity contribution is -0.302. The van der Waals surface area contributed by atoms with Crippen molar-refractivity contribution in [3.8, 4) is 0 Å². The van der Waals surface area contributed by atoms with Gasteiger partial charge in [-0.15, -0.1) is 0 Å². The zero-order chi connectivity index (χ0) is 47.2. The monoisotopic (exact) mass is 908 g/mol. The Morgan fingerprint density at radius 2 is 1.56 bits per heavy atom. The van der Waals surface area contributed by atoms with Gasteiger partial charge < -0.3 is 38.1 Å². The third-order valence-corrected chi connectivity index (χ3v) is 19.7. The minimum Gasteiger partial charge on any atom is -0.456 e. The quantitative estimate of drug-likeness (QED) is 0.108. The zero-order valence-electron chi connectivity index (χ0n) is 41.0. The number of amides is 1. The van der Waals surface area contributed by atoms with Crippen molar-refractivity contribution < 1.29 is 56.8 Å². The summed E-state index contributed by atoms with van der Waals surface area (Å²) in [6.07, 6.45) is 4.32. The predicted molar refractivity (Wildman–Crippen MR) is 243 cm³/mol. The van der Waals surface area contributed by atoms with Gasteiger partial charge in [-0.3, -0.25) is 14.4 Å². The van der Waals surface area contributed by atoms with E-state index in [-0.39, 0.29) is 67.1 Å². The first-order chi connectivity index (χ1) is 29.4. The lowest BCUT2D eigenvalue weighted by atomic mass is 9.81. The van der Waals surface area contributed by atoms with Gasteiger partial charge in [0.15, 0.2) is 8.32 Å². The Bertz CT molecular complexity index is 1650. The summed E-state index contributed by atoms with van der Waals surface area (Å²) in [6, 6.07) is -1.08. The zero-order valence-corrected chi connectivity index (χ0v) is 42.0. The molecule has 0 spiro atoms. The van der Waals surface area contributed by atoms with Crippen LogP contribution in [0.15, 0.2) is 23.3 Å². The predicted octanol–water partition coefficient (Wildman–Crippen LogP) is 8.48. The smallest absolute Gasteiger partial charge is 0.329 e. The maximum Gasteiger partial charge on any atom is 0.329 e. The van der Waals surface area contributed by atoms with Crippen molar-refractivity contribution in [3.63, 3.8) is 0 Å². The number of piperidine rings is 1. The topological polar surface area (TPSA) is 147 Å². The molecule has 1 N–H and O–H groups in total. The number of nitrogens with zero attached hydrogens (tertiary/aromatic N) is 1. The molecule has 0 aromatic carbocycles. The minimum atomic E-state index is -2.56. The number of aliphatic hydroxyl groups is 1. The number of cyclic esters (lactones) is 1. The highest BCUT2D eigenvalue weighted by Crippen LogP contribution is 2.42. The van der Waals surface area contributed by atoms with E-state index in [4.69, 9.17) is 28.1 Å². The van der Waals surface area contributed by atoms with Crippen LogP contribution in [0.1, 0.15) is 133 Å². The van der Waals surface area contributed by atoms with E-state index in [2.05, 4.69) is 39.9 Å². The van der Waals surface area contributed by atoms with Crippen LogP contribution in [0.3, 0.4) is 0 Å². The van der Waals surface area contributed by atoms with Gasteiger partial charge in [-0.05, 0) is 125 Å². The summed E-state index contributed by atoms with van der Waals surface area (Å²) in [4.78, 5) is 58.3. The van der Waals surface area contributed by atoms with Crippen LogP contribution in [0.5, 0.6) is 0 Å². The maximum absolute atomic E-state index is 16.3. The molecule has 3 fully saturated rings. The highest BCUT2D eigenvalue weighted by atomic mass is 28.4. The van der Waals surface area contributed by atoms with E-state index in [0.717, 1.165) is 24.8 Å². The summed E-state index contributed by atoms with van der Waals surface area (Å²) in [7, 11) is 2.61. The third kappa shape index (κ3) is 12.6. The number of ketones is 2. The molecular weight excluding hydrogens is 826 g/mol. The van der Waals surface area contributed by atoms with E-state index in [0.29, 0.717) is 31.3 Å². The largest absolute Gasteiger partial charge is 0.456 e. The molecule has 1 amide bonds. The van der Waals surface area contributed by atoms with E-state index in [9.17, 15) is 24.3 Å². The first kappa shape index (κ1) is 53.3. The van der Waals surface area contributed by atoms with Crippen LogP contribution in [-0.4, -0.2) is 124 Å². The molecule has 2 bridgehead atoms. The number of fused-ring (bicyclic) bond motifs is 3. The molecule has 0 aromatic rings. The maximum atomic E-state index is 16.3. The SMILES string of the molecule is CCC1/C=C(\C)C(F)C(C)CC(OC)C2OC(O)(C(=O)C(=O)N3CCCCC3C(=O)OC(C(C)=CC3CCC(O[Si](C)(C)C(C)(C)C)C(OC)C3)C(C)CCC1=O)C(C)CC2OC. The summed E-state index contributed by atoms with van der Waals surface area (Å²) in [5.74, 6) is -7.62. The van der Waals surface area contributed by atoms with Crippen molar-refractivity contribution in [2.45, 2.75) is 206 Å². The van der Waals surface area contributed by atoms with Crippen LogP contribution in [0, 0.1) is 29.6 Å². The number of carbonyl (C=O) groups excluding carboxylic acids is 4. The fraction of sp³-hybridized carbons (Fsp3) is 0.837. The Kier molecular flexibility index (Phi) is 19.0.